The Morgan fingerprint density at radius 2 is 1.81 bits per heavy atom. The van der Waals surface area contributed by atoms with E-state index in [1.165, 1.54) is 18.2 Å². The summed E-state index contributed by atoms with van der Waals surface area (Å²) >= 11 is 0.533. The van der Waals surface area contributed by atoms with E-state index in [2.05, 4.69) is 10.1 Å². The van der Waals surface area contributed by atoms with E-state index in [1.807, 2.05) is 0 Å². The number of benzene rings is 1. The number of Topliss-reactive ketones (excluding diaryl/α,β-unsaturated/α-hetero) is 1. The summed E-state index contributed by atoms with van der Waals surface area (Å²) in [6, 6.07) is 9.88. The number of alkyl halides is 3. The van der Waals surface area contributed by atoms with Crippen molar-refractivity contribution in [2.75, 3.05) is 0 Å². The molecule has 0 aliphatic heterocycles. The van der Waals surface area contributed by atoms with Crippen LogP contribution in [0.1, 0.15) is 15.5 Å². The molecule has 6 nitrogen and oxygen atoms in total. The molecule has 11 heteroatoms. The number of hydrogen-bond donors (Lipinski definition) is 0. The molecular formula is C15H9F3N2O4S2. The van der Waals surface area contributed by atoms with Crippen molar-refractivity contribution in [2.45, 2.75) is 16.8 Å². The van der Waals surface area contributed by atoms with Gasteiger partial charge in [-0.15, -0.1) is 11.3 Å². The van der Waals surface area contributed by atoms with Gasteiger partial charge in [0.1, 0.15) is 5.75 Å². The van der Waals surface area contributed by atoms with Crippen molar-refractivity contribution < 1.29 is 30.9 Å². The highest BCUT2D eigenvalue weighted by molar-refractivity contribution is 7.90. The second kappa shape index (κ2) is 6.65. The zero-order valence-electron chi connectivity index (χ0n) is 12.7. The van der Waals surface area contributed by atoms with Crippen molar-refractivity contribution in [3.05, 3.63) is 53.2 Å². The molecule has 2 aromatic heterocycles. The van der Waals surface area contributed by atoms with Crippen LogP contribution in [0.5, 0.6) is 0 Å². The molecule has 26 heavy (non-hydrogen) atoms. The molecule has 1 aromatic carbocycles. The first-order chi connectivity index (χ1) is 12.2. The molecule has 2 heterocycles. The van der Waals surface area contributed by atoms with E-state index in [-0.39, 0.29) is 21.5 Å². The predicted molar refractivity (Wildman–Crippen MR) is 85.3 cm³/mol. The van der Waals surface area contributed by atoms with Gasteiger partial charge in [0.25, 0.3) is 11.7 Å². The summed E-state index contributed by atoms with van der Waals surface area (Å²) < 4.78 is 66.7. The SMILES string of the molecule is O=C(c1ccc(-c2nc(CS(=O)(=O)c3ccccc3)no2)s1)C(F)(F)F. The average Bonchev–Trinajstić information content (AvgIpc) is 3.23. The minimum absolute atomic E-state index is 0.0838. The second-order valence-corrected chi connectivity index (χ2v) is 8.15. The van der Waals surface area contributed by atoms with Crippen LogP contribution in [0.25, 0.3) is 10.8 Å². The number of nitrogens with zero attached hydrogens (tertiary/aromatic N) is 2. The quantitative estimate of drug-likeness (QED) is 0.607. The molecule has 0 fully saturated rings. The smallest absolute Gasteiger partial charge is 0.333 e. The minimum atomic E-state index is -4.98. The van der Waals surface area contributed by atoms with Crippen molar-refractivity contribution in [3.63, 3.8) is 0 Å². The molecule has 0 unspecified atom stereocenters. The molecule has 0 saturated carbocycles. The maximum absolute atomic E-state index is 12.4. The monoisotopic (exact) mass is 402 g/mol. The maximum atomic E-state index is 12.4. The first-order valence-corrected chi connectivity index (χ1v) is 9.46. The fraction of sp³-hybridized carbons (Fsp3) is 0.133. The van der Waals surface area contributed by atoms with E-state index in [1.54, 1.807) is 18.2 Å². The largest absolute Gasteiger partial charge is 0.455 e. The number of sulfone groups is 1. The van der Waals surface area contributed by atoms with Gasteiger partial charge in [-0.3, -0.25) is 4.79 Å². The van der Waals surface area contributed by atoms with E-state index in [0.717, 1.165) is 6.07 Å². The van der Waals surface area contributed by atoms with Crippen LogP contribution in [0.15, 0.2) is 51.9 Å². The Morgan fingerprint density at radius 1 is 1.12 bits per heavy atom. The normalized spacial score (nSPS) is 12.3. The van der Waals surface area contributed by atoms with Gasteiger partial charge in [0.15, 0.2) is 15.7 Å². The molecule has 0 radical (unpaired) electrons. The standard InChI is InChI=1S/C15H9F3N2O4S2/c16-15(17,18)13(21)10-6-7-11(25-10)14-19-12(20-24-14)8-26(22,23)9-4-2-1-3-5-9/h1-7H,8H2. The Hall–Kier alpha value is -2.53. The summed E-state index contributed by atoms with van der Waals surface area (Å²) in [7, 11) is -3.69. The van der Waals surface area contributed by atoms with Gasteiger partial charge in [0, 0.05) is 0 Å². The zero-order chi connectivity index (χ0) is 18.9. The lowest BCUT2D eigenvalue weighted by Crippen LogP contribution is -2.21. The number of ketones is 1. The van der Waals surface area contributed by atoms with Gasteiger partial charge in [-0.05, 0) is 24.3 Å². The molecule has 0 aliphatic carbocycles. The van der Waals surface area contributed by atoms with Gasteiger partial charge >= 0.3 is 6.18 Å². The van der Waals surface area contributed by atoms with Gasteiger partial charge < -0.3 is 4.52 Å². The molecule has 0 saturated heterocycles. The van der Waals surface area contributed by atoms with Gasteiger partial charge in [-0.1, -0.05) is 23.4 Å². The second-order valence-electron chi connectivity index (χ2n) is 5.08. The van der Waals surface area contributed by atoms with Gasteiger partial charge in [-0.25, -0.2) is 8.42 Å². The van der Waals surface area contributed by atoms with Crippen LogP contribution in [-0.2, 0) is 15.6 Å². The van der Waals surface area contributed by atoms with E-state index < -0.39 is 32.4 Å². The van der Waals surface area contributed by atoms with Crippen molar-refractivity contribution in [2.24, 2.45) is 0 Å². The Morgan fingerprint density at radius 3 is 2.46 bits per heavy atom. The first kappa shape index (κ1) is 18.3. The first-order valence-electron chi connectivity index (χ1n) is 6.99. The van der Waals surface area contributed by atoms with E-state index in [0.29, 0.717) is 11.3 Å². The maximum Gasteiger partial charge on any atom is 0.455 e. The lowest BCUT2D eigenvalue weighted by atomic mass is 10.3. The molecule has 0 N–H and O–H groups in total. The number of carbonyl (C=O) groups is 1. The highest BCUT2D eigenvalue weighted by atomic mass is 32.2. The summed E-state index contributed by atoms with van der Waals surface area (Å²) in [4.78, 5) is 14.8. The third kappa shape index (κ3) is 3.83. The highest BCUT2D eigenvalue weighted by Crippen LogP contribution is 2.31. The molecule has 0 bridgehead atoms. The Labute approximate surface area is 149 Å². The van der Waals surface area contributed by atoms with E-state index in [9.17, 15) is 26.4 Å². The number of halogens is 3. The molecule has 0 aliphatic rings. The minimum Gasteiger partial charge on any atom is -0.333 e. The van der Waals surface area contributed by atoms with Gasteiger partial charge in [0.05, 0.1) is 14.6 Å². The summed E-state index contributed by atoms with van der Waals surface area (Å²) in [5, 5.41) is 3.54. The number of rotatable bonds is 5. The van der Waals surface area contributed by atoms with Crippen LogP contribution in [0.3, 0.4) is 0 Å². The van der Waals surface area contributed by atoms with Crippen LogP contribution in [-0.4, -0.2) is 30.5 Å². The number of aromatic nitrogens is 2. The predicted octanol–water partition coefficient (Wildman–Crippen LogP) is 3.52. The zero-order valence-corrected chi connectivity index (χ0v) is 14.4. The molecule has 0 spiro atoms. The van der Waals surface area contributed by atoms with E-state index in [4.69, 9.17) is 4.52 Å². The molecule has 3 aromatic rings. The van der Waals surface area contributed by atoms with Crippen molar-refractivity contribution >= 4 is 27.0 Å². The molecule has 0 amide bonds. The number of hydrogen-bond acceptors (Lipinski definition) is 7. The van der Waals surface area contributed by atoms with Crippen LogP contribution < -0.4 is 0 Å². The fourth-order valence-electron chi connectivity index (χ4n) is 2.01. The Balaban J connectivity index is 1.81. The molecule has 136 valence electrons. The lowest BCUT2D eigenvalue weighted by molar-refractivity contribution is -0.0882. The van der Waals surface area contributed by atoms with Crippen LogP contribution >= 0.6 is 11.3 Å². The van der Waals surface area contributed by atoms with Crippen molar-refractivity contribution in [1.82, 2.24) is 10.1 Å². The molecular weight excluding hydrogens is 393 g/mol. The topological polar surface area (TPSA) is 90.1 Å². The molecule has 0 atom stereocenters. The fourth-order valence-corrected chi connectivity index (χ4v) is 4.09. The molecule has 3 rings (SSSR count). The van der Waals surface area contributed by atoms with E-state index >= 15 is 0 Å². The number of thiophene rings is 1. The van der Waals surface area contributed by atoms with Gasteiger partial charge in [-0.2, -0.15) is 18.2 Å². The van der Waals surface area contributed by atoms with Crippen molar-refractivity contribution in [3.8, 4) is 10.8 Å². The summed E-state index contributed by atoms with van der Waals surface area (Å²) in [6.45, 7) is 0. The Kier molecular flexibility index (Phi) is 4.67. The van der Waals surface area contributed by atoms with Crippen LogP contribution in [0.4, 0.5) is 13.2 Å². The summed E-state index contributed by atoms with van der Waals surface area (Å²) in [5.74, 6) is -2.80. The van der Waals surface area contributed by atoms with Gasteiger partial charge in [0.2, 0.25) is 0 Å². The van der Waals surface area contributed by atoms with Crippen LogP contribution in [0.2, 0.25) is 0 Å². The third-order valence-electron chi connectivity index (χ3n) is 3.19. The number of carbonyl (C=O) groups excluding carboxylic acids is 1. The lowest BCUT2D eigenvalue weighted by Gasteiger charge is -2.01. The van der Waals surface area contributed by atoms with Crippen LogP contribution in [0, 0.1) is 0 Å². The summed E-state index contributed by atoms with van der Waals surface area (Å²) in [5.41, 5.74) is 0. The summed E-state index contributed by atoms with van der Waals surface area (Å²) in [6.07, 6.45) is -4.98. The average molecular weight is 402 g/mol. The Bertz CT molecular complexity index is 1040. The third-order valence-corrected chi connectivity index (χ3v) is 5.89. The van der Waals surface area contributed by atoms with Crippen molar-refractivity contribution in [1.29, 1.82) is 0 Å². The highest BCUT2D eigenvalue weighted by Gasteiger charge is 2.40.